The van der Waals surface area contributed by atoms with Gasteiger partial charge in [-0.05, 0) is 53.2 Å². The SMILES string of the molecule is N#C[C@@]1(C2CC2)CCN(c2ccnn3cc(Br)cc23)C1=O. The van der Waals surface area contributed by atoms with Gasteiger partial charge in [0.2, 0.25) is 5.91 Å². The first-order valence-corrected chi connectivity index (χ1v) is 7.81. The highest BCUT2D eigenvalue weighted by atomic mass is 79.9. The highest BCUT2D eigenvalue weighted by Crippen LogP contribution is 2.52. The quantitative estimate of drug-likeness (QED) is 0.841. The van der Waals surface area contributed by atoms with Crippen LogP contribution < -0.4 is 4.90 Å². The smallest absolute Gasteiger partial charge is 0.247 e. The number of fused-ring (bicyclic) bond motifs is 1. The third-order valence-corrected chi connectivity index (χ3v) is 5.01. The van der Waals surface area contributed by atoms with Gasteiger partial charge in [-0.1, -0.05) is 0 Å². The van der Waals surface area contributed by atoms with Gasteiger partial charge in [0.1, 0.15) is 5.41 Å². The number of anilines is 1. The zero-order chi connectivity index (χ0) is 14.6. The van der Waals surface area contributed by atoms with E-state index in [2.05, 4.69) is 27.1 Å². The van der Waals surface area contributed by atoms with Crippen molar-refractivity contribution >= 4 is 33.0 Å². The van der Waals surface area contributed by atoms with E-state index in [1.807, 2.05) is 18.3 Å². The maximum Gasteiger partial charge on any atom is 0.247 e. The fraction of sp³-hybridized carbons (Fsp3) is 0.400. The Morgan fingerprint density at radius 3 is 3.00 bits per heavy atom. The molecule has 0 radical (unpaired) electrons. The maximum atomic E-state index is 12.9. The molecule has 2 aliphatic rings. The predicted molar refractivity (Wildman–Crippen MR) is 80.6 cm³/mol. The van der Waals surface area contributed by atoms with Gasteiger partial charge in [0.05, 0.1) is 17.3 Å². The van der Waals surface area contributed by atoms with Crippen LogP contribution in [0, 0.1) is 22.7 Å². The van der Waals surface area contributed by atoms with Gasteiger partial charge >= 0.3 is 0 Å². The molecule has 1 aliphatic heterocycles. The Kier molecular flexibility index (Phi) is 2.64. The third-order valence-electron chi connectivity index (χ3n) is 4.57. The van der Waals surface area contributed by atoms with E-state index in [1.54, 1.807) is 15.6 Å². The number of halogens is 1. The Balaban J connectivity index is 1.80. The van der Waals surface area contributed by atoms with Gasteiger partial charge in [-0.15, -0.1) is 0 Å². The molecule has 2 fully saturated rings. The second-order valence-corrected chi connectivity index (χ2v) is 6.68. The summed E-state index contributed by atoms with van der Waals surface area (Å²) in [5, 5.41) is 13.8. The number of amides is 1. The van der Waals surface area contributed by atoms with Crippen LogP contribution in [-0.2, 0) is 4.79 Å². The van der Waals surface area contributed by atoms with Gasteiger partial charge in [-0.3, -0.25) is 4.79 Å². The van der Waals surface area contributed by atoms with Crippen molar-refractivity contribution < 1.29 is 4.79 Å². The number of carbonyl (C=O) groups is 1. The minimum Gasteiger partial charge on any atom is -0.309 e. The fourth-order valence-corrected chi connectivity index (χ4v) is 3.72. The molecule has 0 spiro atoms. The van der Waals surface area contributed by atoms with Crippen LogP contribution in [-0.4, -0.2) is 22.1 Å². The summed E-state index contributed by atoms with van der Waals surface area (Å²) >= 11 is 3.44. The molecule has 6 heteroatoms. The molecule has 0 bridgehead atoms. The highest BCUT2D eigenvalue weighted by molar-refractivity contribution is 9.10. The number of nitriles is 1. The fourth-order valence-electron chi connectivity index (χ4n) is 3.31. The number of rotatable bonds is 2. The number of carbonyl (C=O) groups excluding carboxylic acids is 1. The summed E-state index contributed by atoms with van der Waals surface area (Å²) in [6.45, 7) is 0.603. The number of hydrogen-bond acceptors (Lipinski definition) is 3. The van der Waals surface area contributed by atoms with E-state index >= 15 is 0 Å². The molecule has 1 atom stereocenters. The molecule has 1 aliphatic carbocycles. The van der Waals surface area contributed by atoms with Gasteiger partial charge in [0, 0.05) is 23.4 Å². The van der Waals surface area contributed by atoms with E-state index < -0.39 is 5.41 Å². The van der Waals surface area contributed by atoms with Crippen molar-refractivity contribution in [1.29, 1.82) is 5.26 Å². The van der Waals surface area contributed by atoms with E-state index in [0.29, 0.717) is 13.0 Å². The second-order valence-electron chi connectivity index (χ2n) is 5.77. The van der Waals surface area contributed by atoms with Crippen LogP contribution in [0.15, 0.2) is 29.0 Å². The van der Waals surface area contributed by atoms with Crippen LogP contribution >= 0.6 is 15.9 Å². The minimum absolute atomic E-state index is 0.0436. The molecule has 4 rings (SSSR count). The Labute approximate surface area is 130 Å². The molecule has 0 aromatic carbocycles. The lowest BCUT2D eigenvalue weighted by molar-refractivity contribution is -0.123. The molecule has 1 saturated heterocycles. The van der Waals surface area contributed by atoms with Crippen molar-refractivity contribution in [3.63, 3.8) is 0 Å². The van der Waals surface area contributed by atoms with Gasteiger partial charge < -0.3 is 4.90 Å². The number of hydrogen-bond donors (Lipinski definition) is 0. The van der Waals surface area contributed by atoms with Crippen molar-refractivity contribution in [2.45, 2.75) is 19.3 Å². The molecule has 1 amide bonds. The standard InChI is InChI=1S/C15H13BrN4O/c16-11-7-13-12(3-5-18-20(13)8-11)19-6-4-15(9-17,14(19)21)10-1-2-10/h3,5,7-8,10H,1-2,4,6H2/t15-/m1/s1. The molecule has 1 saturated carbocycles. The lowest BCUT2D eigenvalue weighted by Crippen LogP contribution is -2.35. The van der Waals surface area contributed by atoms with Crippen molar-refractivity contribution in [2.24, 2.45) is 11.3 Å². The number of aromatic nitrogens is 2. The van der Waals surface area contributed by atoms with Gasteiger partial charge in [0.15, 0.2) is 0 Å². The summed E-state index contributed by atoms with van der Waals surface area (Å²) < 4.78 is 2.67. The molecule has 106 valence electrons. The van der Waals surface area contributed by atoms with Crippen LogP contribution in [0.4, 0.5) is 5.69 Å². The maximum absolute atomic E-state index is 12.9. The molecule has 5 nitrogen and oxygen atoms in total. The minimum atomic E-state index is -0.802. The lowest BCUT2D eigenvalue weighted by Gasteiger charge is -2.21. The molecule has 21 heavy (non-hydrogen) atoms. The Hall–Kier alpha value is -1.87. The van der Waals surface area contributed by atoms with Crippen molar-refractivity contribution in [2.75, 3.05) is 11.4 Å². The average molecular weight is 345 g/mol. The molecular formula is C15H13BrN4O. The van der Waals surface area contributed by atoms with Crippen molar-refractivity contribution in [1.82, 2.24) is 9.61 Å². The third kappa shape index (κ3) is 1.74. The second kappa shape index (κ2) is 4.31. The van der Waals surface area contributed by atoms with E-state index in [9.17, 15) is 10.1 Å². The topological polar surface area (TPSA) is 61.4 Å². The predicted octanol–water partition coefficient (Wildman–Crippen LogP) is 2.75. The normalized spacial score (nSPS) is 25.5. The summed E-state index contributed by atoms with van der Waals surface area (Å²) in [6.07, 6.45) is 6.16. The summed E-state index contributed by atoms with van der Waals surface area (Å²) in [6, 6.07) is 6.11. The first-order valence-electron chi connectivity index (χ1n) is 7.02. The zero-order valence-corrected chi connectivity index (χ0v) is 12.9. The first-order chi connectivity index (χ1) is 10.2. The molecule has 2 aromatic heterocycles. The van der Waals surface area contributed by atoms with Crippen LogP contribution in [0.25, 0.3) is 5.52 Å². The largest absolute Gasteiger partial charge is 0.309 e. The van der Waals surface area contributed by atoms with Gasteiger partial charge in [0.25, 0.3) is 0 Å². The monoisotopic (exact) mass is 344 g/mol. The lowest BCUT2D eigenvalue weighted by atomic mass is 9.83. The number of nitrogens with zero attached hydrogens (tertiary/aromatic N) is 4. The highest BCUT2D eigenvalue weighted by Gasteiger charge is 2.56. The Morgan fingerprint density at radius 2 is 2.29 bits per heavy atom. The average Bonchev–Trinajstić information content (AvgIpc) is 3.17. The molecule has 0 N–H and O–H groups in total. The molecule has 3 heterocycles. The molecule has 2 aromatic rings. The molecular weight excluding hydrogens is 332 g/mol. The van der Waals surface area contributed by atoms with Crippen LogP contribution in [0.2, 0.25) is 0 Å². The van der Waals surface area contributed by atoms with Gasteiger partial charge in [-0.2, -0.15) is 10.4 Å². The van der Waals surface area contributed by atoms with Crippen LogP contribution in [0.1, 0.15) is 19.3 Å². The van der Waals surface area contributed by atoms with E-state index in [1.165, 1.54) is 0 Å². The van der Waals surface area contributed by atoms with E-state index in [4.69, 9.17) is 0 Å². The molecule has 0 unspecified atom stereocenters. The van der Waals surface area contributed by atoms with E-state index in [-0.39, 0.29) is 11.8 Å². The zero-order valence-electron chi connectivity index (χ0n) is 11.3. The summed E-state index contributed by atoms with van der Waals surface area (Å²) in [7, 11) is 0. The first kappa shape index (κ1) is 12.8. The van der Waals surface area contributed by atoms with Gasteiger partial charge in [-0.25, -0.2) is 4.52 Å². The Bertz CT molecular complexity index is 789. The van der Waals surface area contributed by atoms with Crippen molar-refractivity contribution in [3.8, 4) is 6.07 Å². The Morgan fingerprint density at radius 1 is 1.48 bits per heavy atom. The van der Waals surface area contributed by atoms with Crippen LogP contribution in [0.3, 0.4) is 0 Å². The summed E-state index contributed by atoms with van der Waals surface area (Å²) in [4.78, 5) is 14.6. The van der Waals surface area contributed by atoms with Crippen LogP contribution in [0.5, 0.6) is 0 Å². The summed E-state index contributed by atoms with van der Waals surface area (Å²) in [5.74, 6) is 0.203. The van der Waals surface area contributed by atoms with Crippen molar-refractivity contribution in [3.05, 3.63) is 29.0 Å². The summed E-state index contributed by atoms with van der Waals surface area (Å²) in [5.41, 5.74) is 0.908. The van der Waals surface area contributed by atoms with E-state index in [0.717, 1.165) is 28.5 Å².